The zero-order valence-corrected chi connectivity index (χ0v) is 63.3. The van der Waals surface area contributed by atoms with Crippen LogP contribution in [0.25, 0.3) is 0 Å². The highest BCUT2D eigenvalue weighted by Gasteiger charge is 2.20. The van der Waals surface area contributed by atoms with E-state index in [1.54, 1.807) is 0 Å². The smallest absolute Gasteiger partial charge is 0.305 e. The highest BCUT2D eigenvalue weighted by molar-refractivity contribution is 5.76. The Kier molecular flexibility index (Phi) is 80.8. The summed E-state index contributed by atoms with van der Waals surface area (Å²) in [6.45, 7) is 5.00. The fourth-order valence-corrected chi connectivity index (χ4v) is 13.7. The molecule has 0 aromatic rings. The number of aliphatic hydroxyl groups excluding tert-OH is 2. The average molecular weight is 1310 g/mol. The Bertz CT molecular complexity index is 1510. The van der Waals surface area contributed by atoms with Gasteiger partial charge in [0.2, 0.25) is 5.91 Å². The van der Waals surface area contributed by atoms with Crippen LogP contribution in [-0.2, 0) is 14.3 Å². The van der Waals surface area contributed by atoms with Crippen molar-refractivity contribution >= 4 is 11.9 Å². The Morgan fingerprint density at radius 1 is 0.301 bits per heavy atom. The summed E-state index contributed by atoms with van der Waals surface area (Å²) < 4.78 is 5.51. The summed E-state index contributed by atoms with van der Waals surface area (Å²) in [6, 6.07) is -0.541. The van der Waals surface area contributed by atoms with Gasteiger partial charge in [0, 0.05) is 12.8 Å². The summed E-state index contributed by atoms with van der Waals surface area (Å²) in [7, 11) is 0. The zero-order valence-electron chi connectivity index (χ0n) is 63.3. The molecule has 6 nitrogen and oxygen atoms in total. The Morgan fingerprint density at radius 3 is 0.828 bits per heavy atom. The number of hydrogen-bond acceptors (Lipinski definition) is 5. The maximum Gasteiger partial charge on any atom is 0.305 e. The second-order valence-corrected chi connectivity index (χ2v) is 29.5. The molecular weight excluding hydrogens is 1140 g/mol. The molecule has 0 aliphatic rings. The van der Waals surface area contributed by atoms with Crippen LogP contribution in [-0.4, -0.2) is 47.4 Å². The van der Waals surface area contributed by atoms with E-state index >= 15 is 0 Å². The molecule has 2 atom stereocenters. The Labute approximate surface area is 583 Å². The number of unbranched alkanes of at least 4 members (excludes halogenated alkanes) is 64. The summed E-state index contributed by atoms with van der Waals surface area (Å²) in [5.74, 6) is -0.0103. The molecule has 2 unspecified atom stereocenters. The van der Waals surface area contributed by atoms with Gasteiger partial charge in [0.1, 0.15) is 0 Å². The maximum absolute atomic E-state index is 12.6. The second kappa shape index (κ2) is 82.5. The maximum atomic E-state index is 12.6. The molecule has 6 heteroatoms. The van der Waals surface area contributed by atoms with Crippen LogP contribution in [0.5, 0.6) is 0 Å². The third-order valence-corrected chi connectivity index (χ3v) is 20.2. The molecule has 0 aliphatic carbocycles. The summed E-state index contributed by atoms with van der Waals surface area (Å²) in [4.78, 5) is 24.7. The molecule has 0 aliphatic heterocycles. The lowest BCUT2D eigenvalue weighted by Crippen LogP contribution is -2.45. The predicted octanol–water partition coefficient (Wildman–Crippen LogP) is 28.6. The third-order valence-electron chi connectivity index (χ3n) is 20.2. The molecule has 0 aromatic carbocycles. The van der Waals surface area contributed by atoms with Crippen molar-refractivity contribution in [3.8, 4) is 0 Å². The van der Waals surface area contributed by atoms with Crippen molar-refractivity contribution in [3.05, 3.63) is 36.5 Å². The minimum absolute atomic E-state index is 0.0164. The fraction of sp³-hybridized carbons (Fsp3) is 0.908. The zero-order chi connectivity index (χ0) is 67.0. The van der Waals surface area contributed by atoms with Gasteiger partial charge in [-0.1, -0.05) is 423 Å². The molecule has 3 N–H and O–H groups in total. The number of hydrogen-bond donors (Lipinski definition) is 3. The Balaban J connectivity index is 3.36. The summed E-state index contributed by atoms with van der Waals surface area (Å²) in [6.07, 6.45) is 108. The molecule has 1 amide bonds. The Hall–Kier alpha value is -1.92. The van der Waals surface area contributed by atoms with Crippen molar-refractivity contribution in [2.45, 2.75) is 495 Å². The number of aliphatic hydroxyl groups is 2. The number of carbonyl (C=O) groups excluding carboxylic acids is 2. The molecule has 0 rings (SSSR count). The van der Waals surface area contributed by atoms with E-state index < -0.39 is 12.1 Å². The standard InChI is InChI=1S/C87H167NO5/c1-3-5-7-9-11-13-15-17-19-21-22-23-41-44-48-51-55-59-63-67-71-75-79-85(90)84(83-89)88-86(91)80-76-72-68-64-60-56-52-49-45-42-39-37-35-33-31-29-27-25-24-26-28-30-32-34-36-38-40-43-46-50-54-58-62-66-70-74-78-82-93-87(92)81-77-73-69-65-61-57-53-47-20-18-16-14-12-10-8-6-4-2/h18,20,24,26,30,32,84-85,89-90H,3-17,19,21-23,25,27-29,31,33-83H2,1-2H3,(H,88,91)/b20-18-,26-24-,32-30-. The molecule has 0 heterocycles. The van der Waals surface area contributed by atoms with E-state index in [0.717, 1.165) is 51.4 Å². The lowest BCUT2D eigenvalue weighted by atomic mass is 10.0. The van der Waals surface area contributed by atoms with Crippen LogP contribution in [0.3, 0.4) is 0 Å². The lowest BCUT2D eigenvalue weighted by Gasteiger charge is -2.22. The number of rotatable bonds is 81. The van der Waals surface area contributed by atoms with Gasteiger partial charge in [-0.2, -0.15) is 0 Å². The van der Waals surface area contributed by atoms with Gasteiger partial charge in [0.15, 0.2) is 0 Å². The topological polar surface area (TPSA) is 95.9 Å². The van der Waals surface area contributed by atoms with Crippen molar-refractivity contribution in [1.29, 1.82) is 0 Å². The molecule has 0 saturated carbocycles. The van der Waals surface area contributed by atoms with E-state index in [1.165, 1.54) is 398 Å². The first-order valence-corrected chi connectivity index (χ1v) is 42.7. The van der Waals surface area contributed by atoms with Crippen molar-refractivity contribution in [3.63, 3.8) is 0 Å². The molecule has 550 valence electrons. The van der Waals surface area contributed by atoms with Crippen LogP contribution < -0.4 is 5.32 Å². The molecule has 0 aromatic heterocycles. The number of carbonyl (C=O) groups is 2. The fourth-order valence-electron chi connectivity index (χ4n) is 13.7. The monoisotopic (exact) mass is 1310 g/mol. The van der Waals surface area contributed by atoms with Gasteiger partial charge in [0.05, 0.1) is 25.4 Å². The highest BCUT2D eigenvalue weighted by atomic mass is 16.5. The summed E-state index contributed by atoms with van der Waals surface area (Å²) in [5, 5.41) is 23.5. The molecule has 0 radical (unpaired) electrons. The van der Waals surface area contributed by atoms with Crippen LogP contribution in [0.4, 0.5) is 0 Å². The van der Waals surface area contributed by atoms with Crippen LogP contribution in [0.1, 0.15) is 483 Å². The van der Waals surface area contributed by atoms with E-state index in [9.17, 15) is 19.8 Å². The van der Waals surface area contributed by atoms with Crippen LogP contribution >= 0.6 is 0 Å². The quantitative estimate of drug-likeness (QED) is 0.0320. The Morgan fingerprint density at radius 2 is 0.538 bits per heavy atom. The van der Waals surface area contributed by atoms with Gasteiger partial charge in [-0.05, 0) is 83.5 Å². The first-order valence-electron chi connectivity index (χ1n) is 42.7. The second-order valence-electron chi connectivity index (χ2n) is 29.5. The van der Waals surface area contributed by atoms with Gasteiger partial charge in [-0.15, -0.1) is 0 Å². The number of allylic oxidation sites excluding steroid dienone is 6. The number of nitrogens with one attached hydrogen (secondary N) is 1. The van der Waals surface area contributed by atoms with Crippen LogP contribution in [0.15, 0.2) is 36.5 Å². The molecular formula is C87H167NO5. The van der Waals surface area contributed by atoms with Gasteiger partial charge < -0.3 is 20.3 Å². The minimum Gasteiger partial charge on any atom is -0.466 e. The molecule has 0 fully saturated rings. The van der Waals surface area contributed by atoms with Crippen molar-refractivity contribution in [1.82, 2.24) is 5.32 Å². The van der Waals surface area contributed by atoms with E-state index in [0.29, 0.717) is 25.9 Å². The number of ether oxygens (including phenoxy) is 1. The molecule has 93 heavy (non-hydrogen) atoms. The lowest BCUT2D eigenvalue weighted by molar-refractivity contribution is -0.143. The van der Waals surface area contributed by atoms with Crippen molar-refractivity contribution in [2.24, 2.45) is 0 Å². The van der Waals surface area contributed by atoms with E-state index in [4.69, 9.17) is 4.74 Å². The summed E-state index contributed by atoms with van der Waals surface area (Å²) in [5.41, 5.74) is 0. The van der Waals surface area contributed by atoms with Crippen LogP contribution in [0.2, 0.25) is 0 Å². The van der Waals surface area contributed by atoms with Crippen LogP contribution in [0, 0.1) is 0 Å². The average Bonchev–Trinajstić information content (AvgIpc) is 3.78. The third kappa shape index (κ3) is 79.0. The first-order chi connectivity index (χ1) is 46.0. The molecule has 0 spiro atoms. The normalized spacial score (nSPS) is 12.6. The summed E-state index contributed by atoms with van der Waals surface area (Å²) >= 11 is 0. The van der Waals surface area contributed by atoms with E-state index in [1.807, 2.05) is 0 Å². The number of esters is 1. The first kappa shape index (κ1) is 91.1. The van der Waals surface area contributed by atoms with Gasteiger partial charge in [-0.3, -0.25) is 9.59 Å². The van der Waals surface area contributed by atoms with E-state index in [-0.39, 0.29) is 18.5 Å². The highest BCUT2D eigenvalue weighted by Crippen LogP contribution is 2.20. The number of amides is 1. The minimum atomic E-state index is -0.664. The van der Waals surface area contributed by atoms with E-state index in [2.05, 4.69) is 55.6 Å². The largest absolute Gasteiger partial charge is 0.466 e. The molecule has 0 saturated heterocycles. The van der Waals surface area contributed by atoms with Gasteiger partial charge in [0.25, 0.3) is 0 Å². The SMILES string of the molecule is CCCCCCCC/C=C\CCCCCCCCCC(=O)OCCCCCCCCCCCCCCC/C=C\C/C=C\CCCCCCCCCCCCCCCCCCCC(=O)NC(CO)C(O)CCCCCCCCCCCCCCCCCCCCCCCC. The van der Waals surface area contributed by atoms with Gasteiger partial charge >= 0.3 is 5.97 Å². The van der Waals surface area contributed by atoms with Crippen molar-refractivity contribution in [2.75, 3.05) is 13.2 Å². The molecule has 0 bridgehead atoms. The van der Waals surface area contributed by atoms with Gasteiger partial charge in [-0.25, -0.2) is 0 Å². The van der Waals surface area contributed by atoms with Crippen molar-refractivity contribution < 1.29 is 24.5 Å². The predicted molar refractivity (Wildman–Crippen MR) is 412 cm³/mol.